The van der Waals surface area contributed by atoms with E-state index in [1.54, 1.807) is 0 Å². The van der Waals surface area contributed by atoms with E-state index in [0.29, 0.717) is 6.42 Å². The molecule has 0 aromatic heterocycles. The minimum Gasteiger partial charge on any atom is -0.480 e. The van der Waals surface area contributed by atoms with Crippen molar-refractivity contribution in [3.05, 3.63) is 0 Å². The highest BCUT2D eigenvalue weighted by atomic mass is 16.4. The third-order valence-corrected chi connectivity index (χ3v) is 3.22. The van der Waals surface area contributed by atoms with Crippen molar-refractivity contribution in [1.82, 2.24) is 5.32 Å². The van der Waals surface area contributed by atoms with Gasteiger partial charge in [0, 0.05) is 6.42 Å². The van der Waals surface area contributed by atoms with Gasteiger partial charge in [-0.25, -0.2) is 4.79 Å². The Labute approximate surface area is 131 Å². The Morgan fingerprint density at radius 3 is 2.18 bits per heavy atom. The molecule has 0 saturated carbocycles. The van der Waals surface area contributed by atoms with Crippen LogP contribution in [0.5, 0.6) is 0 Å². The molecule has 0 saturated heterocycles. The lowest BCUT2D eigenvalue weighted by molar-refractivity contribution is -0.870. The maximum absolute atomic E-state index is 11.9. The molecule has 2 amide bonds. The highest BCUT2D eigenvalue weighted by molar-refractivity contribution is 5.87. The van der Waals surface area contributed by atoms with Crippen molar-refractivity contribution >= 4 is 17.8 Å². The summed E-state index contributed by atoms with van der Waals surface area (Å²) in [5.74, 6) is -2.32. The number of amides is 2. The van der Waals surface area contributed by atoms with Crippen LogP contribution in [0.1, 0.15) is 32.1 Å². The summed E-state index contributed by atoms with van der Waals surface area (Å²) >= 11 is 0. The summed E-state index contributed by atoms with van der Waals surface area (Å²) in [5.41, 5.74) is 10.7. The zero-order valence-electron chi connectivity index (χ0n) is 13.7. The molecule has 0 aromatic carbocycles. The maximum Gasteiger partial charge on any atom is 0.326 e. The fourth-order valence-corrected chi connectivity index (χ4v) is 1.90. The number of carbonyl (C=O) groups is 3. The van der Waals surface area contributed by atoms with Crippen LogP contribution in [0, 0.1) is 0 Å². The molecule has 0 radical (unpaired) electrons. The Bertz CT molecular complexity index is 393. The summed E-state index contributed by atoms with van der Waals surface area (Å²) in [7, 11) is 6.26. The van der Waals surface area contributed by atoms with Gasteiger partial charge in [0.2, 0.25) is 11.8 Å². The van der Waals surface area contributed by atoms with Crippen molar-refractivity contribution in [3.63, 3.8) is 0 Å². The number of hydrogen-bond acceptors (Lipinski definition) is 4. The van der Waals surface area contributed by atoms with Crippen LogP contribution in [0.25, 0.3) is 0 Å². The predicted molar refractivity (Wildman–Crippen MR) is 82.7 cm³/mol. The Balaban J connectivity index is 4.19. The number of aliphatic carboxylic acids is 1. The van der Waals surface area contributed by atoms with Crippen molar-refractivity contribution < 1.29 is 24.0 Å². The van der Waals surface area contributed by atoms with Gasteiger partial charge in [-0.3, -0.25) is 9.59 Å². The summed E-state index contributed by atoms with van der Waals surface area (Å²) < 4.78 is 0.843. The number of nitrogens with zero attached hydrogens (tertiary/aromatic N) is 1. The SMILES string of the molecule is C[N+](C)(C)CCCC[C@H](N)C(=O)N[C@@H](CCC(N)=O)C(=O)O. The molecular formula is C14H29N4O4+. The van der Waals surface area contributed by atoms with Crippen LogP contribution in [0.4, 0.5) is 0 Å². The minimum atomic E-state index is -1.20. The topological polar surface area (TPSA) is 136 Å². The molecule has 0 rings (SSSR count). The number of quaternary nitrogens is 1. The molecule has 0 aliphatic rings. The van der Waals surface area contributed by atoms with Gasteiger partial charge < -0.3 is 26.4 Å². The highest BCUT2D eigenvalue weighted by Crippen LogP contribution is 2.04. The lowest BCUT2D eigenvalue weighted by Gasteiger charge is -2.24. The zero-order chi connectivity index (χ0) is 17.3. The standard InChI is InChI=1S/C14H28N4O4/c1-18(2,3)9-5-4-6-10(15)13(20)17-11(14(21)22)7-8-12(16)19/h10-11H,4-9,15H2,1-3H3,(H3-,16,17,19,20,21,22)/p+1/t10-,11-/m0/s1. The average molecular weight is 317 g/mol. The summed E-state index contributed by atoms with van der Waals surface area (Å²) in [6.45, 7) is 0.977. The lowest BCUT2D eigenvalue weighted by Crippen LogP contribution is -2.48. The van der Waals surface area contributed by atoms with Crippen LogP contribution in [-0.2, 0) is 14.4 Å². The summed E-state index contributed by atoms with van der Waals surface area (Å²) in [5, 5.41) is 11.4. The van der Waals surface area contributed by atoms with Crippen molar-refractivity contribution in [2.75, 3.05) is 27.7 Å². The van der Waals surface area contributed by atoms with E-state index in [-0.39, 0.29) is 12.8 Å². The van der Waals surface area contributed by atoms with Crippen LogP contribution in [-0.4, -0.2) is 67.1 Å². The Hall–Kier alpha value is -1.67. The molecular weight excluding hydrogens is 288 g/mol. The number of unbranched alkanes of at least 4 members (excludes halogenated alkanes) is 1. The first-order valence-electron chi connectivity index (χ1n) is 7.40. The van der Waals surface area contributed by atoms with E-state index in [9.17, 15) is 14.4 Å². The largest absolute Gasteiger partial charge is 0.480 e. The molecule has 0 bridgehead atoms. The van der Waals surface area contributed by atoms with Gasteiger partial charge in [0.05, 0.1) is 33.7 Å². The quantitative estimate of drug-likeness (QED) is 0.287. The molecule has 0 aromatic rings. The number of carboxylic acids is 1. The Morgan fingerprint density at radius 2 is 1.73 bits per heavy atom. The smallest absolute Gasteiger partial charge is 0.326 e. The van der Waals surface area contributed by atoms with E-state index in [2.05, 4.69) is 26.5 Å². The van der Waals surface area contributed by atoms with Crippen molar-refractivity contribution in [2.45, 2.75) is 44.2 Å². The third kappa shape index (κ3) is 10.1. The molecule has 2 atom stereocenters. The first kappa shape index (κ1) is 20.3. The molecule has 8 heteroatoms. The van der Waals surface area contributed by atoms with E-state index in [1.807, 2.05) is 0 Å². The van der Waals surface area contributed by atoms with E-state index >= 15 is 0 Å². The van der Waals surface area contributed by atoms with Gasteiger partial charge in [-0.15, -0.1) is 0 Å². The molecule has 0 fully saturated rings. The van der Waals surface area contributed by atoms with Gasteiger partial charge >= 0.3 is 5.97 Å². The summed E-state index contributed by atoms with van der Waals surface area (Å²) in [6, 6.07) is -1.89. The van der Waals surface area contributed by atoms with Gasteiger partial charge in [0.25, 0.3) is 0 Å². The van der Waals surface area contributed by atoms with Crippen LogP contribution >= 0.6 is 0 Å². The van der Waals surface area contributed by atoms with Crippen molar-refractivity contribution in [1.29, 1.82) is 0 Å². The molecule has 0 spiro atoms. The number of rotatable bonds is 11. The first-order chi connectivity index (χ1) is 10.0. The number of primary amides is 1. The third-order valence-electron chi connectivity index (χ3n) is 3.22. The molecule has 0 unspecified atom stereocenters. The minimum absolute atomic E-state index is 0.0371. The van der Waals surface area contributed by atoms with E-state index in [0.717, 1.165) is 23.9 Å². The van der Waals surface area contributed by atoms with Gasteiger partial charge in [-0.2, -0.15) is 0 Å². The number of hydrogen-bond donors (Lipinski definition) is 4. The molecule has 0 aliphatic heterocycles. The monoisotopic (exact) mass is 317 g/mol. The second kappa shape index (κ2) is 9.37. The van der Waals surface area contributed by atoms with Crippen LogP contribution < -0.4 is 16.8 Å². The van der Waals surface area contributed by atoms with Crippen LogP contribution in [0.15, 0.2) is 0 Å². The molecule has 0 aliphatic carbocycles. The Morgan fingerprint density at radius 1 is 1.14 bits per heavy atom. The molecule has 0 heterocycles. The van der Waals surface area contributed by atoms with Gasteiger partial charge in [0.1, 0.15) is 6.04 Å². The van der Waals surface area contributed by atoms with Crippen molar-refractivity contribution in [3.8, 4) is 0 Å². The fraction of sp³-hybridized carbons (Fsp3) is 0.786. The number of nitrogens with one attached hydrogen (secondary N) is 1. The Kier molecular flexibility index (Phi) is 8.66. The van der Waals surface area contributed by atoms with E-state index in [4.69, 9.17) is 16.6 Å². The van der Waals surface area contributed by atoms with Gasteiger partial charge in [-0.1, -0.05) is 0 Å². The average Bonchev–Trinajstić information content (AvgIpc) is 2.37. The normalized spacial score (nSPS) is 14.2. The van der Waals surface area contributed by atoms with Gasteiger partial charge in [0.15, 0.2) is 0 Å². The predicted octanol–water partition coefficient (Wildman–Crippen LogP) is -0.975. The first-order valence-corrected chi connectivity index (χ1v) is 7.40. The summed E-state index contributed by atoms with van der Waals surface area (Å²) in [4.78, 5) is 33.6. The molecule has 22 heavy (non-hydrogen) atoms. The second-order valence-corrected chi connectivity index (χ2v) is 6.52. The van der Waals surface area contributed by atoms with E-state index in [1.165, 1.54) is 0 Å². The molecule has 6 N–H and O–H groups in total. The summed E-state index contributed by atoms with van der Waals surface area (Å²) in [6.07, 6.45) is 2.09. The number of carbonyl (C=O) groups excluding carboxylic acids is 2. The fourth-order valence-electron chi connectivity index (χ4n) is 1.90. The maximum atomic E-state index is 11.9. The van der Waals surface area contributed by atoms with Gasteiger partial charge in [-0.05, 0) is 25.7 Å². The number of carboxylic acid groups (broad SMARTS) is 1. The van der Waals surface area contributed by atoms with E-state index < -0.39 is 29.9 Å². The van der Waals surface area contributed by atoms with Crippen LogP contribution in [0.2, 0.25) is 0 Å². The van der Waals surface area contributed by atoms with Crippen molar-refractivity contribution in [2.24, 2.45) is 11.5 Å². The van der Waals surface area contributed by atoms with Crippen LogP contribution in [0.3, 0.4) is 0 Å². The lowest BCUT2D eigenvalue weighted by atomic mass is 10.1. The highest BCUT2D eigenvalue weighted by Gasteiger charge is 2.23. The second-order valence-electron chi connectivity index (χ2n) is 6.52. The number of nitrogens with two attached hydrogens (primary N) is 2. The molecule has 128 valence electrons. The zero-order valence-corrected chi connectivity index (χ0v) is 13.7. The molecule has 8 nitrogen and oxygen atoms in total.